The normalized spacial score (nSPS) is 17.3. The minimum absolute atomic E-state index is 0.124. The summed E-state index contributed by atoms with van der Waals surface area (Å²) < 4.78 is 11.2. The van der Waals surface area contributed by atoms with Gasteiger partial charge in [0.2, 0.25) is 0 Å². The van der Waals surface area contributed by atoms with E-state index < -0.39 is 0 Å². The first-order valence-corrected chi connectivity index (χ1v) is 11.4. The monoisotopic (exact) mass is 445 g/mol. The van der Waals surface area contributed by atoms with Crippen LogP contribution < -0.4 is 5.32 Å². The molecule has 1 saturated heterocycles. The number of rotatable bonds is 8. The summed E-state index contributed by atoms with van der Waals surface area (Å²) in [4.78, 5) is 20.1. The van der Waals surface area contributed by atoms with Gasteiger partial charge in [0.05, 0.1) is 30.0 Å². The number of aromatic nitrogens is 1. The minimum Gasteiger partial charge on any atom is -0.383 e. The molecule has 1 unspecified atom stereocenters. The zero-order chi connectivity index (χ0) is 23.0. The third-order valence-electron chi connectivity index (χ3n) is 5.74. The van der Waals surface area contributed by atoms with Crippen molar-refractivity contribution in [2.75, 3.05) is 46.5 Å². The van der Waals surface area contributed by atoms with Gasteiger partial charge in [0, 0.05) is 38.7 Å². The number of hydrogen-bond donors (Lipinski definition) is 1. The van der Waals surface area contributed by atoms with Crippen molar-refractivity contribution in [3.8, 4) is 0 Å². The van der Waals surface area contributed by atoms with Gasteiger partial charge in [-0.1, -0.05) is 60.2 Å². The molecule has 2 aromatic carbocycles. The Kier molecular flexibility index (Phi) is 7.83. The molecule has 3 aromatic rings. The molecule has 33 heavy (non-hydrogen) atoms. The average Bonchev–Trinajstić information content (AvgIpc) is 2.84. The van der Waals surface area contributed by atoms with Crippen molar-refractivity contribution in [2.45, 2.75) is 13.0 Å². The zero-order valence-corrected chi connectivity index (χ0v) is 19.3. The van der Waals surface area contributed by atoms with Crippen molar-refractivity contribution in [1.29, 1.82) is 0 Å². The van der Waals surface area contributed by atoms with Gasteiger partial charge in [-0.05, 0) is 24.6 Å². The lowest BCUT2D eigenvalue weighted by Gasteiger charge is -2.33. The van der Waals surface area contributed by atoms with E-state index in [0.717, 1.165) is 36.2 Å². The van der Waals surface area contributed by atoms with E-state index >= 15 is 0 Å². The second-order valence-corrected chi connectivity index (χ2v) is 8.36. The molecule has 1 atom stereocenters. The van der Waals surface area contributed by atoms with Crippen LogP contribution in [0.25, 0.3) is 17.0 Å². The van der Waals surface area contributed by atoms with Gasteiger partial charge in [-0.25, -0.2) is 4.98 Å². The molecule has 2 heterocycles. The lowest BCUT2D eigenvalue weighted by Crippen LogP contribution is -2.39. The van der Waals surface area contributed by atoms with E-state index in [0.29, 0.717) is 25.3 Å². The number of morpholine rings is 1. The van der Waals surface area contributed by atoms with Crippen molar-refractivity contribution < 1.29 is 14.3 Å². The number of carbonyl (C=O) groups excluding carboxylic acids is 1. The third kappa shape index (κ3) is 6.05. The van der Waals surface area contributed by atoms with Crippen LogP contribution in [0.5, 0.6) is 0 Å². The highest BCUT2D eigenvalue weighted by atomic mass is 16.5. The number of nitrogens with zero attached hydrogens (tertiary/aromatic N) is 2. The number of carbonyl (C=O) groups is 1. The van der Waals surface area contributed by atoms with Crippen LogP contribution in [0, 0.1) is 0 Å². The number of benzene rings is 2. The van der Waals surface area contributed by atoms with Gasteiger partial charge in [0.1, 0.15) is 6.10 Å². The maximum Gasteiger partial charge on any atom is 0.252 e. The van der Waals surface area contributed by atoms with E-state index in [1.165, 1.54) is 11.1 Å². The fourth-order valence-corrected chi connectivity index (χ4v) is 4.17. The Hall–Kier alpha value is -3.06. The number of nitrogens with one attached hydrogen (secondary N) is 1. The van der Waals surface area contributed by atoms with Crippen LogP contribution in [0.3, 0.4) is 0 Å². The number of methoxy groups -OCH3 is 1. The van der Waals surface area contributed by atoms with E-state index in [2.05, 4.69) is 47.5 Å². The minimum atomic E-state index is -0.182. The number of ether oxygens (including phenoxy) is 2. The van der Waals surface area contributed by atoms with Crippen molar-refractivity contribution in [3.63, 3.8) is 0 Å². The third-order valence-corrected chi connectivity index (χ3v) is 5.74. The molecule has 0 aliphatic carbocycles. The fourth-order valence-electron chi connectivity index (χ4n) is 4.17. The van der Waals surface area contributed by atoms with Crippen molar-refractivity contribution >= 4 is 22.9 Å². The smallest absolute Gasteiger partial charge is 0.252 e. The molecule has 1 fully saturated rings. The van der Waals surface area contributed by atoms with Gasteiger partial charge in [0.25, 0.3) is 5.91 Å². The first-order chi connectivity index (χ1) is 16.1. The molecule has 0 saturated carbocycles. The molecule has 172 valence electrons. The molecule has 1 aliphatic heterocycles. The van der Waals surface area contributed by atoms with E-state index in [9.17, 15) is 4.79 Å². The summed E-state index contributed by atoms with van der Waals surface area (Å²) in [6.45, 7) is 6.19. The van der Waals surface area contributed by atoms with Crippen LogP contribution in [0.2, 0.25) is 0 Å². The van der Waals surface area contributed by atoms with Crippen LogP contribution in [0.15, 0.2) is 66.2 Å². The highest BCUT2D eigenvalue weighted by Crippen LogP contribution is 2.26. The second-order valence-electron chi connectivity index (χ2n) is 8.36. The van der Waals surface area contributed by atoms with Crippen LogP contribution in [-0.4, -0.2) is 62.3 Å². The largest absolute Gasteiger partial charge is 0.383 e. The predicted octanol–water partition coefficient (Wildman–Crippen LogP) is 4.09. The highest BCUT2D eigenvalue weighted by Gasteiger charge is 2.25. The molecule has 0 radical (unpaired) electrons. The van der Waals surface area contributed by atoms with Crippen molar-refractivity contribution in [2.24, 2.45) is 0 Å². The summed E-state index contributed by atoms with van der Waals surface area (Å²) in [6.07, 6.45) is 2.04. The highest BCUT2D eigenvalue weighted by molar-refractivity contribution is 6.06. The molecular formula is C27H31N3O3. The summed E-state index contributed by atoms with van der Waals surface area (Å²) in [5.41, 5.74) is 4.71. The fraction of sp³-hybridized carbons (Fsp3) is 0.333. The van der Waals surface area contributed by atoms with Gasteiger partial charge < -0.3 is 14.8 Å². The number of para-hydroxylation sites is 1. The second kappa shape index (κ2) is 11.2. The molecule has 1 N–H and O–H groups in total. The van der Waals surface area contributed by atoms with Gasteiger partial charge >= 0.3 is 0 Å². The molecule has 6 nitrogen and oxygen atoms in total. The van der Waals surface area contributed by atoms with Crippen LogP contribution in [0.1, 0.15) is 34.6 Å². The quantitative estimate of drug-likeness (QED) is 0.529. The van der Waals surface area contributed by atoms with Crippen molar-refractivity contribution in [3.05, 3.63) is 83.1 Å². The lowest BCUT2D eigenvalue weighted by atomic mass is 10.0. The summed E-state index contributed by atoms with van der Waals surface area (Å²) in [7, 11) is 1.62. The number of fused-ring (bicyclic) bond motifs is 1. The summed E-state index contributed by atoms with van der Waals surface area (Å²) >= 11 is 0. The zero-order valence-electron chi connectivity index (χ0n) is 19.3. The van der Waals surface area contributed by atoms with Gasteiger partial charge in [-0.2, -0.15) is 0 Å². The molecule has 1 amide bonds. The van der Waals surface area contributed by atoms with E-state index in [-0.39, 0.29) is 12.0 Å². The Morgan fingerprint density at radius 2 is 2.00 bits per heavy atom. The standard InChI is InChI=1S/C27H31N3O3/c1-20(16-21-8-4-3-5-9-21)18-30-13-15-33-26(19-30)25-17-23(27(31)28-12-14-32-2)22-10-6-7-11-24(22)29-25/h3-11,16-17,26H,12-15,18-19H2,1-2H3,(H,28,31)/b20-16+. The van der Waals surface area contributed by atoms with Crippen LogP contribution in [-0.2, 0) is 9.47 Å². The van der Waals surface area contributed by atoms with E-state index in [1.54, 1.807) is 7.11 Å². The molecule has 1 aromatic heterocycles. The first-order valence-electron chi connectivity index (χ1n) is 11.4. The molecular weight excluding hydrogens is 414 g/mol. The summed E-state index contributed by atoms with van der Waals surface area (Å²) in [6, 6.07) is 20.0. The van der Waals surface area contributed by atoms with Crippen LogP contribution in [0.4, 0.5) is 0 Å². The molecule has 1 aliphatic rings. The lowest BCUT2D eigenvalue weighted by molar-refractivity contribution is -0.0287. The van der Waals surface area contributed by atoms with E-state index in [4.69, 9.17) is 14.5 Å². The maximum absolute atomic E-state index is 12.9. The van der Waals surface area contributed by atoms with Crippen molar-refractivity contribution in [1.82, 2.24) is 15.2 Å². The molecule has 0 spiro atoms. The number of pyridine rings is 1. The SMILES string of the molecule is COCCNC(=O)c1cc(C2CN(C/C(C)=C/c3ccccc3)CCO2)nc2ccccc12. The first kappa shape index (κ1) is 23.1. The predicted molar refractivity (Wildman–Crippen MR) is 131 cm³/mol. The number of amides is 1. The Bertz CT molecular complexity index is 1110. The topological polar surface area (TPSA) is 63.7 Å². The van der Waals surface area contributed by atoms with Gasteiger partial charge in [0.15, 0.2) is 0 Å². The molecule has 0 bridgehead atoms. The summed E-state index contributed by atoms with van der Waals surface area (Å²) in [5.74, 6) is -0.124. The summed E-state index contributed by atoms with van der Waals surface area (Å²) in [5, 5.41) is 3.77. The molecule has 6 heteroatoms. The Morgan fingerprint density at radius 1 is 1.21 bits per heavy atom. The number of hydrogen-bond acceptors (Lipinski definition) is 5. The van der Waals surface area contributed by atoms with Gasteiger partial charge in [-0.15, -0.1) is 0 Å². The van der Waals surface area contributed by atoms with Crippen LogP contribution >= 0.6 is 0 Å². The maximum atomic E-state index is 12.9. The Morgan fingerprint density at radius 3 is 2.82 bits per heavy atom. The Balaban J connectivity index is 1.53. The molecule has 4 rings (SSSR count). The Labute approximate surface area is 195 Å². The van der Waals surface area contributed by atoms with E-state index in [1.807, 2.05) is 36.4 Å². The van der Waals surface area contributed by atoms with Gasteiger partial charge in [-0.3, -0.25) is 9.69 Å². The average molecular weight is 446 g/mol.